The summed E-state index contributed by atoms with van der Waals surface area (Å²) in [6.45, 7) is 10.8. The van der Waals surface area contributed by atoms with E-state index in [2.05, 4.69) is 47.2 Å². The summed E-state index contributed by atoms with van der Waals surface area (Å²) in [5, 5.41) is 3.50. The zero-order chi connectivity index (χ0) is 18.4. The van der Waals surface area contributed by atoms with Crippen LogP contribution in [0, 0.1) is 11.8 Å². The molecule has 1 aromatic rings. The van der Waals surface area contributed by atoms with Gasteiger partial charge in [0.15, 0.2) is 5.96 Å². The summed E-state index contributed by atoms with van der Waals surface area (Å²) in [6, 6.07) is 8.38. The SMILES string of the molecule is CCNC(=NCC1CCN(c2cccc(OC)c2)C1)N1CCCC(C)C1.I. The van der Waals surface area contributed by atoms with Gasteiger partial charge in [-0.15, -0.1) is 24.0 Å². The molecule has 0 radical (unpaired) electrons. The lowest BCUT2D eigenvalue weighted by Crippen LogP contribution is -2.46. The number of rotatable bonds is 5. The fourth-order valence-corrected chi connectivity index (χ4v) is 4.05. The number of methoxy groups -OCH3 is 1. The third kappa shape index (κ3) is 6.16. The lowest BCUT2D eigenvalue weighted by molar-refractivity contribution is 0.265. The highest BCUT2D eigenvalue weighted by Crippen LogP contribution is 2.27. The van der Waals surface area contributed by atoms with E-state index < -0.39 is 0 Å². The first-order valence-electron chi connectivity index (χ1n) is 10.1. The fraction of sp³-hybridized carbons (Fsp3) is 0.667. The van der Waals surface area contributed by atoms with Gasteiger partial charge >= 0.3 is 0 Å². The molecule has 1 aromatic carbocycles. The Bertz CT molecular complexity index is 610. The van der Waals surface area contributed by atoms with Gasteiger partial charge in [0.25, 0.3) is 0 Å². The standard InChI is InChI=1S/C21H34N4O.HI/c1-4-22-21(25-11-6-7-17(2)15-25)23-14-18-10-12-24(16-18)19-8-5-9-20(13-19)26-3;/h5,8-9,13,17-18H,4,6-7,10-12,14-16H2,1-3H3,(H,22,23);1H. The molecule has 5 nitrogen and oxygen atoms in total. The molecule has 152 valence electrons. The topological polar surface area (TPSA) is 40.1 Å². The Kier molecular flexibility index (Phi) is 8.99. The van der Waals surface area contributed by atoms with Crippen molar-refractivity contribution in [3.63, 3.8) is 0 Å². The van der Waals surface area contributed by atoms with Crippen LogP contribution in [0.3, 0.4) is 0 Å². The highest BCUT2D eigenvalue weighted by Gasteiger charge is 2.24. The molecule has 2 fully saturated rings. The molecule has 2 saturated heterocycles. The predicted octanol–water partition coefficient (Wildman–Crippen LogP) is 3.84. The largest absolute Gasteiger partial charge is 0.497 e. The average Bonchev–Trinajstić information content (AvgIpc) is 3.14. The summed E-state index contributed by atoms with van der Waals surface area (Å²) in [6.07, 6.45) is 3.82. The number of halogens is 1. The van der Waals surface area contributed by atoms with E-state index in [1.165, 1.54) is 24.9 Å². The lowest BCUT2D eigenvalue weighted by atomic mass is 10.0. The molecule has 2 aliphatic rings. The van der Waals surface area contributed by atoms with Crippen LogP contribution in [0.15, 0.2) is 29.3 Å². The summed E-state index contributed by atoms with van der Waals surface area (Å²) in [7, 11) is 1.73. The van der Waals surface area contributed by atoms with Crippen LogP contribution in [0.1, 0.15) is 33.1 Å². The van der Waals surface area contributed by atoms with E-state index in [4.69, 9.17) is 9.73 Å². The first kappa shape index (κ1) is 22.1. The van der Waals surface area contributed by atoms with E-state index in [0.717, 1.165) is 56.9 Å². The van der Waals surface area contributed by atoms with E-state index in [1.54, 1.807) is 7.11 Å². The Morgan fingerprint density at radius 2 is 2.11 bits per heavy atom. The van der Waals surface area contributed by atoms with E-state index in [0.29, 0.717) is 5.92 Å². The van der Waals surface area contributed by atoms with Gasteiger partial charge in [-0.05, 0) is 50.2 Å². The molecule has 0 amide bonds. The van der Waals surface area contributed by atoms with E-state index in [9.17, 15) is 0 Å². The zero-order valence-electron chi connectivity index (χ0n) is 17.0. The molecule has 6 heteroatoms. The van der Waals surface area contributed by atoms with Gasteiger partial charge in [0, 0.05) is 51.0 Å². The Labute approximate surface area is 181 Å². The number of piperidine rings is 1. The number of benzene rings is 1. The van der Waals surface area contributed by atoms with E-state index in [1.807, 2.05) is 6.07 Å². The maximum absolute atomic E-state index is 5.36. The maximum Gasteiger partial charge on any atom is 0.193 e. The van der Waals surface area contributed by atoms with Crippen molar-refractivity contribution in [2.45, 2.75) is 33.1 Å². The molecule has 3 rings (SSSR count). The van der Waals surface area contributed by atoms with Crippen LogP contribution in [0.2, 0.25) is 0 Å². The van der Waals surface area contributed by atoms with Crippen LogP contribution in [0.25, 0.3) is 0 Å². The predicted molar refractivity (Wildman–Crippen MR) is 125 cm³/mol. The van der Waals surface area contributed by atoms with Crippen LogP contribution in [0.4, 0.5) is 5.69 Å². The fourth-order valence-electron chi connectivity index (χ4n) is 4.05. The summed E-state index contributed by atoms with van der Waals surface area (Å²) in [4.78, 5) is 9.90. The Hall–Kier alpha value is -1.18. The summed E-state index contributed by atoms with van der Waals surface area (Å²) in [5.41, 5.74) is 1.26. The Morgan fingerprint density at radius 1 is 1.26 bits per heavy atom. The minimum absolute atomic E-state index is 0. The number of likely N-dealkylation sites (tertiary alicyclic amines) is 1. The molecule has 27 heavy (non-hydrogen) atoms. The highest BCUT2D eigenvalue weighted by atomic mass is 127. The maximum atomic E-state index is 5.36. The van der Waals surface area contributed by atoms with E-state index >= 15 is 0 Å². The van der Waals surface area contributed by atoms with Gasteiger partial charge in [0.1, 0.15) is 5.75 Å². The van der Waals surface area contributed by atoms with Gasteiger partial charge in [-0.3, -0.25) is 4.99 Å². The quantitative estimate of drug-likeness (QED) is 0.390. The molecule has 0 spiro atoms. The number of hydrogen-bond acceptors (Lipinski definition) is 3. The molecule has 0 aromatic heterocycles. The van der Waals surface area contributed by atoms with Crippen LogP contribution in [-0.2, 0) is 0 Å². The van der Waals surface area contributed by atoms with Crippen molar-refractivity contribution in [1.82, 2.24) is 10.2 Å². The number of aliphatic imine (C=N–C) groups is 1. The molecule has 2 atom stereocenters. The monoisotopic (exact) mass is 486 g/mol. The van der Waals surface area contributed by atoms with Crippen molar-refractivity contribution in [3.05, 3.63) is 24.3 Å². The highest BCUT2D eigenvalue weighted by molar-refractivity contribution is 14.0. The first-order chi connectivity index (χ1) is 12.7. The van der Waals surface area contributed by atoms with Gasteiger partial charge in [0.05, 0.1) is 7.11 Å². The van der Waals surface area contributed by atoms with Crippen LogP contribution < -0.4 is 15.0 Å². The number of hydrogen-bond donors (Lipinski definition) is 1. The van der Waals surface area contributed by atoms with Crippen LogP contribution in [0.5, 0.6) is 5.75 Å². The van der Waals surface area contributed by atoms with Gasteiger partial charge in [0.2, 0.25) is 0 Å². The van der Waals surface area contributed by atoms with Gasteiger partial charge in [-0.2, -0.15) is 0 Å². The normalized spacial score (nSPS) is 23.1. The van der Waals surface area contributed by atoms with Gasteiger partial charge in [-0.1, -0.05) is 13.0 Å². The third-order valence-corrected chi connectivity index (χ3v) is 5.50. The van der Waals surface area contributed by atoms with Crippen molar-refractivity contribution in [1.29, 1.82) is 0 Å². The van der Waals surface area contributed by atoms with Crippen molar-refractivity contribution in [2.24, 2.45) is 16.8 Å². The molecule has 2 aliphatic heterocycles. The number of guanidine groups is 1. The second kappa shape index (κ2) is 11.0. The molecule has 1 N–H and O–H groups in total. The number of nitrogens with one attached hydrogen (secondary N) is 1. The molecule has 0 bridgehead atoms. The summed E-state index contributed by atoms with van der Waals surface area (Å²) < 4.78 is 5.36. The Balaban J connectivity index is 0.00000261. The zero-order valence-corrected chi connectivity index (χ0v) is 19.3. The third-order valence-electron chi connectivity index (χ3n) is 5.50. The molecule has 2 heterocycles. The number of anilines is 1. The van der Waals surface area contributed by atoms with Crippen molar-refractivity contribution >= 4 is 35.6 Å². The number of ether oxygens (including phenoxy) is 1. The molecular weight excluding hydrogens is 451 g/mol. The Morgan fingerprint density at radius 3 is 2.85 bits per heavy atom. The smallest absolute Gasteiger partial charge is 0.193 e. The van der Waals surface area contributed by atoms with Crippen LogP contribution >= 0.6 is 24.0 Å². The van der Waals surface area contributed by atoms with Gasteiger partial charge < -0.3 is 19.9 Å². The minimum atomic E-state index is 0. The van der Waals surface area contributed by atoms with Crippen LogP contribution in [-0.4, -0.2) is 57.2 Å². The second-order valence-electron chi connectivity index (χ2n) is 7.69. The van der Waals surface area contributed by atoms with Crippen molar-refractivity contribution < 1.29 is 4.74 Å². The minimum Gasteiger partial charge on any atom is -0.497 e. The van der Waals surface area contributed by atoms with Crippen molar-refractivity contribution in [2.75, 3.05) is 51.3 Å². The molecular formula is C21H35IN4O. The molecule has 2 unspecified atom stereocenters. The van der Waals surface area contributed by atoms with E-state index in [-0.39, 0.29) is 24.0 Å². The van der Waals surface area contributed by atoms with Gasteiger partial charge in [-0.25, -0.2) is 0 Å². The average molecular weight is 486 g/mol. The van der Waals surface area contributed by atoms with Crippen molar-refractivity contribution in [3.8, 4) is 5.75 Å². The second-order valence-corrected chi connectivity index (χ2v) is 7.69. The summed E-state index contributed by atoms with van der Waals surface area (Å²) in [5.74, 6) is 3.43. The molecule has 0 aliphatic carbocycles. The number of nitrogens with zero attached hydrogens (tertiary/aromatic N) is 3. The lowest BCUT2D eigenvalue weighted by Gasteiger charge is -2.33. The summed E-state index contributed by atoms with van der Waals surface area (Å²) >= 11 is 0. The first-order valence-corrected chi connectivity index (χ1v) is 10.1. The molecule has 0 saturated carbocycles.